The SMILES string of the molecule is O=c1c2nc(OCc3ccc(F)cc3)ccc2ncn1Cc1ccccn1. The molecule has 0 radical (unpaired) electrons. The standard InChI is InChI=1S/C20H15FN4O2/c21-15-6-4-14(5-7-15)12-27-18-9-8-17-19(24-18)20(26)25(13-23-17)11-16-3-1-2-10-22-16/h1-10,13H,11-12H2. The number of hydrogen-bond acceptors (Lipinski definition) is 5. The number of ether oxygens (including phenoxy) is 1. The van der Waals surface area contributed by atoms with E-state index in [4.69, 9.17) is 4.74 Å². The maximum atomic E-state index is 13.0. The van der Waals surface area contributed by atoms with Gasteiger partial charge in [-0.3, -0.25) is 14.3 Å². The lowest BCUT2D eigenvalue weighted by Crippen LogP contribution is -2.22. The van der Waals surface area contributed by atoms with Gasteiger partial charge in [0, 0.05) is 12.3 Å². The average Bonchev–Trinajstić information content (AvgIpc) is 2.71. The van der Waals surface area contributed by atoms with Gasteiger partial charge < -0.3 is 4.74 Å². The van der Waals surface area contributed by atoms with Crippen LogP contribution in [0, 0.1) is 5.82 Å². The molecule has 0 aliphatic heterocycles. The number of benzene rings is 1. The summed E-state index contributed by atoms with van der Waals surface area (Å²) < 4.78 is 20.1. The van der Waals surface area contributed by atoms with Gasteiger partial charge in [0.25, 0.3) is 5.56 Å². The van der Waals surface area contributed by atoms with Crippen LogP contribution >= 0.6 is 0 Å². The van der Waals surface area contributed by atoms with Gasteiger partial charge in [-0.25, -0.2) is 14.4 Å². The number of pyridine rings is 2. The Labute approximate surface area is 153 Å². The highest BCUT2D eigenvalue weighted by molar-refractivity contribution is 5.73. The Morgan fingerprint density at radius 2 is 1.85 bits per heavy atom. The zero-order valence-corrected chi connectivity index (χ0v) is 14.2. The molecule has 1 aromatic carbocycles. The molecule has 0 unspecified atom stereocenters. The molecule has 3 aromatic heterocycles. The molecular weight excluding hydrogens is 347 g/mol. The zero-order chi connectivity index (χ0) is 18.6. The van der Waals surface area contributed by atoms with E-state index in [-0.39, 0.29) is 23.5 Å². The molecule has 7 heteroatoms. The summed E-state index contributed by atoms with van der Waals surface area (Å²) in [5.41, 5.74) is 2.01. The van der Waals surface area contributed by atoms with Crippen molar-refractivity contribution >= 4 is 11.0 Å². The molecule has 0 aliphatic rings. The molecule has 0 saturated carbocycles. The third kappa shape index (κ3) is 3.82. The molecular formula is C20H15FN4O2. The number of halogens is 1. The minimum Gasteiger partial charge on any atom is -0.473 e. The van der Waals surface area contributed by atoms with E-state index in [2.05, 4.69) is 15.0 Å². The highest BCUT2D eigenvalue weighted by atomic mass is 19.1. The number of nitrogens with zero attached hydrogens (tertiary/aromatic N) is 4. The van der Waals surface area contributed by atoms with Crippen LogP contribution in [0.5, 0.6) is 5.88 Å². The lowest BCUT2D eigenvalue weighted by Gasteiger charge is -2.08. The molecule has 0 spiro atoms. The summed E-state index contributed by atoms with van der Waals surface area (Å²) >= 11 is 0. The van der Waals surface area contributed by atoms with Gasteiger partial charge in [-0.1, -0.05) is 18.2 Å². The van der Waals surface area contributed by atoms with E-state index in [1.165, 1.54) is 23.0 Å². The minimum atomic E-state index is -0.304. The molecule has 0 N–H and O–H groups in total. The van der Waals surface area contributed by atoms with Gasteiger partial charge in [0.1, 0.15) is 12.4 Å². The van der Waals surface area contributed by atoms with Gasteiger partial charge in [-0.15, -0.1) is 0 Å². The Hall–Kier alpha value is -3.61. The smallest absolute Gasteiger partial charge is 0.280 e. The van der Waals surface area contributed by atoms with Crippen molar-refractivity contribution < 1.29 is 9.13 Å². The first-order valence-corrected chi connectivity index (χ1v) is 8.32. The lowest BCUT2D eigenvalue weighted by molar-refractivity contribution is 0.295. The molecule has 0 amide bonds. The van der Waals surface area contributed by atoms with Crippen LogP contribution in [-0.2, 0) is 13.2 Å². The second-order valence-corrected chi connectivity index (χ2v) is 5.93. The maximum absolute atomic E-state index is 13.0. The summed E-state index contributed by atoms with van der Waals surface area (Å²) in [6.07, 6.45) is 3.16. The van der Waals surface area contributed by atoms with Crippen molar-refractivity contribution in [2.75, 3.05) is 0 Å². The Morgan fingerprint density at radius 1 is 1.00 bits per heavy atom. The fraction of sp³-hybridized carbons (Fsp3) is 0.100. The highest BCUT2D eigenvalue weighted by Gasteiger charge is 2.09. The molecule has 3 heterocycles. The molecule has 0 fully saturated rings. The Bertz CT molecular complexity index is 1130. The van der Waals surface area contributed by atoms with Crippen molar-refractivity contribution in [2.24, 2.45) is 0 Å². The van der Waals surface area contributed by atoms with Crippen molar-refractivity contribution in [3.63, 3.8) is 0 Å². The van der Waals surface area contributed by atoms with E-state index >= 15 is 0 Å². The van der Waals surface area contributed by atoms with E-state index in [1.807, 2.05) is 18.2 Å². The van der Waals surface area contributed by atoms with Crippen LogP contribution in [0.1, 0.15) is 11.3 Å². The third-order valence-electron chi connectivity index (χ3n) is 4.01. The Balaban J connectivity index is 1.59. The molecule has 6 nitrogen and oxygen atoms in total. The van der Waals surface area contributed by atoms with Gasteiger partial charge in [-0.05, 0) is 35.9 Å². The fourth-order valence-electron chi connectivity index (χ4n) is 2.61. The first-order valence-electron chi connectivity index (χ1n) is 8.32. The van der Waals surface area contributed by atoms with Gasteiger partial charge in [0.15, 0.2) is 5.52 Å². The summed E-state index contributed by atoms with van der Waals surface area (Å²) in [4.78, 5) is 25.5. The number of fused-ring (bicyclic) bond motifs is 1. The van der Waals surface area contributed by atoms with Crippen LogP contribution < -0.4 is 10.3 Å². The van der Waals surface area contributed by atoms with Crippen LogP contribution in [0.3, 0.4) is 0 Å². The molecule has 0 atom stereocenters. The number of rotatable bonds is 5. The maximum Gasteiger partial charge on any atom is 0.280 e. The zero-order valence-electron chi connectivity index (χ0n) is 14.2. The number of aromatic nitrogens is 4. The Morgan fingerprint density at radius 3 is 2.63 bits per heavy atom. The second-order valence-electron chi connectivity index (χ2n) is 5.93. The van der Waals surface area contributed by atoms with Crippen molar-refractivity contribution in [3.8, 4) is 5.88 Å². The molecule has 4 rings (SSSR count). The summed E-state index contributed by atoms with van der Waals surface area (Å²) in [6, 6.07) is 14.9. The largest absolute Gasteiger partial charge is 0.473 e. The third-order valence-corrected chi connectivity index (χ3v) is 4.01. The summed E-state index contributed by atoms with van der Waals surface area (Å²) in [5.74, 6) is 0.00317. The fourth-order valence-corrected chi connectivity index (χ4v) is 2.61. The van der Waals surface area contributed by atoms with E-state index in [0.29, 0.717) is 17.9 Å². The molecule has 0 bridgehead atoms. The molecule has 4 aromatic rings. The topological polar surface area (TPSA) is 69.9 Å². The minimum absolute atomic E-state index is 0.223. The van der Waals surface area contributed by atoms with Crippen molar-refractivity contribution in [1.82, 2.24) is 19.5 Å². The first-order chi connectivity index (χ1) is 13.2. The van der Waals surface area contributed by atoms with E-state index in [1.54, 1.807) is 30.5 Å². The van der Waals surface area contributed by atoms with Crippen molar-refractivity contribution in [1.29, 1.82) is 0 Å². The van der Waals surface area contributed by atoms with Crippen LogP contribution in [0.15, 0.2) is 71.9 Å². The lowest BCUT2D eigenvalue weighted by atomic mass is 10.2. The monoisotopic (exact) mass is 362 g/mol. The average molecular weight is 362 g/mol. The quantitative estimate of drug-likeness (QED) is 0.546. The van der Waals surface area contributed by atoms with Crippen molar-refractivity contribution in [2.45, 2.75) is 13.2 Å². The molecule has 134 valence electrons. The van der Waals surface area contributed by atoms with Crippen LogP contribution in [-0.4, -0.2) is 19.5 Å². The summed E-state index contributed by atoms with van der Waals surface area (Å²) in [6.45, 7) is 0.534. The second kappa shape index (κ2) is 7.33. The van der Waals surface area contributed by atoms with Crippen LogP contribution in [0.4, 0.5) is 4.39 Å². The molecule has 0 aliphatic carbocycles. The van der Waals surface area contributed by atoms with E-state index in [0.717, 1.165) is 11.3 Å². The van der Waals surface area contributed by atoms with Gasteiger partial charge in [0.05, 0.1) is 24.1 Å². The van der Waals surface area contributed by atoms with Crippen LogP contribution in [0.25, 0.3) is 11.0 Å². The van der Waals surface area contributed by atoms with Gasteiger partial charge in [-0.2, -0.15) is 0 Å². The van der Waals surface area contributed by atoms with Gasteiger partial charge in [0.2, 0.25) is 5.88 Å². The predicted molar refractivity (Wildman–Crippen MR) is 97.9 cm³/mol. The normalized spacial score (nSPS) is 10.9. The van der Waals surface area contributed by atoms with Crippen molar-refractivity contribution in [3.05, 3.63) is 94.5 Å². The highest BCUT2D eigenvalue weighted by Crippen LogP contribution is 2.14. The number of hydrogen-bond donors (Lipinski definition) is 0. The van der Waals surface area contributed by atoms with E-state index in [9.17, 15) is 9.18 Å². The summed E-state index contributed by atoms with van der Waals surface area (Å²) in [7, 11) is 0. The predicted octanol–water partition coefficient (Wildman–Crippen LogP) is 2.95. The Kier molecular flexibility index (Phi) is 4.57. The van der Waals surface area contributed by atoms with Crippen LogP contribution in [0.2, 0.25) is 0 Å². The van der Waals surface area contributed by atoms with Gasteiger partial charge >= 0.3 is 0 Å². The molecule has 0 saturated heterocycles. The van der Waals surface area contributed by atoms with E-state index < -0.39 is 0 Å². The summed E-state index contributed by atoms with van der Waals surface area (Å²) in [5, 5.41) is 0. The first kappa shape index (κ1) is 16.8. The molecule has 27 heavy (non-hydrogen) atoms.